The van der Waals surface area contributed by atoms with E-state index in [2.05, 4.69) is 22.9 Å². The summed E-state index contributed by atoms with van der Waals surface area (Å²) in [6.07, 6.45) is 1.45. The molecule has 0 spiro atoms. The van der Waals surface area contributed by atoms with E-state index in [4.69, 9.17) is 10.2 Å². The van der Waals surface area contributed by atoms with Gasteiger partial charge in [-0.3, -0.25) is 0 Å². The van der Waals surface area contributed by atoms with Gasteiger partial charge in [-0.05, 0) is 30.7 Å². The largest absolute Gasteiger partial charge is 0.443 e. The number of fused-ring (bicyclic) bond motifs is 1. The van der Waals surface area contributed by atoms with Crippen molar-refractivity contribution in [1.29, 1.82) is 0 Å². The Morgan fingerprint density at radius 1 is 1.21 bits per heavy atom. The molecular formula is C15H15N3O. The summed E-state index contributed by atoms with van der Waals surface area (Å²) in [5, 5.41) is 0. The molecule has 2 aromatic carbocycles. The van der Waals surface area contributed by atoms with Gasteiger partial charge in [0.25, 0.3) is 0 Å². The van der Waals surface area contributed by atoms with Crippen LogP contribution in [-0.2, 0) is 0 Å². The normalized spacial score (nSPS) is 10.8. The highest BCUT2D eigenvalue weighted by atomic mass is 16.3. The van der Waals surface area contributed by atoms with Gasteiger partial charge in [0.05, 0.1) is 11.4 Å². The van der Waals surface area contributed by atoms with Crippen LogP contribution in [0.2, 0.25) is 0 Å². The number of oxazole rings is 1. The summed E-state index contributed by atoms with van der Waals surface area (Å²) < 4.78 is 5.34. The molecule has 0 saturated heterocycles. The number of nitrogens with zero attached hydrogens (tertiary/aromatic N) is 2. The first-order chi connectivity index (χ1) is 9.16. The van der Waals surface area contributed by atoms with Crippen LogP contribution >= 0.6 is 0 Å². The van der Waals surface area contributed by atoms with Crippen molar-refractivity contribution in [2.45, 2.75) is 6.92 Å². The number of nitrogen functional groups attached to an aromatic ring is 1. The van der Waals surface area contributed by atoms with Crippen molar-refractivity contribution in [2.24, 2.45) is 0 Å². The molecule has 3 aromatic rings. The van der Waals surface area contributed by atoms with Crippen molar-refractivity contribution in [2.75, 3.05) is 17.7 Å². The minimum atomic E-state index is 0.764. The number of aryl methyl sites for hydroxylation is 1. The number of hydrogen-bond acceptors (Lipinski definition) is 4. The fourth-order valence-corrected chi connectivity index (χ4v) is 2.32. The third-order valence-electron chi connectivity index (χ3n) is 3.31. The van der Waals surface area contributed by atoms with Crippen molar-refractivity contribution in [3.8, 4) is 0 Å². The molecule has 1 aromatic heterocycles. The van der Waals surface area contributed by atoms with E-state index in [0.717, 1.165) is 33.7 Å². The Bertz CT molecular complexity index is 713. The summed E-state index contributed by atoms with van der Waals surface area (Å²) in [5.41, 5.74) is 11.6. The van der Waals surface area contributed by atoms with E-state index in [1.807, 2.05) is 37.4 Å². The zero-order valence-corrected chi connectivity index (χ0v) is 10.9. The molecule has 0 aliphatic heterocycles. The third kappa shape index (κ3) is 1.91. The Kier molecular flexibility index (Phi) is 2.63. The lowest BCUT2D eigenvalue weighted by atomic mass is 10.1. The number of para-hydroxylation sites is 1. The van der Waals surface area contributed by atoms with Gasteiger partial charge in [-0.1, -0.05) is 12.1 Å². The van der Waals surface area contributed by atoms with Crippen molar-refractivity contribution in [1.82, 2.24) is 4.98 Å². The second-order valence-corrected chi connectivity index (χ2v) is 4.58. The average Bonchev–Trinajstić information content (AvgIpc) is 2.85. The van der Waals surface area contributed by atoms with Gasteiger partial charge in [0.15, 0.2) is 12.0 Å². The highest BCUT2D eigenvalue weighted by molar-refractivity contribution is 5.82. The Morgan fingerprint density at radius 3 is 2.84 bits per heavy atom. The van der Waals surface area contributed by atoms with E-state index in [9.17, 15) is 0 Å². The zero-order chi connectivity index (χ0) is 13.4. The predicted octanol–water partition coefficient (Wildman–Crippen LogP) is 3.49. The number of hydrogen-bond donors (Lipinski definition) is 1. The maximum Gasteiger partial charge on any atom is 0.181 e. The maximum absolute atomic E-state index is 6.07. The fourth-order valence-electron chi connectivity index (χ4n) is 2.32. The van der Waals surface area contributed by atoms with Gasteiger partial charge in [0.1, 0.15) is 5.52 Å². The molecule has 0 aliphatic carbocycles. The summed E-state index contributed by atoms with van der Waals surface area (Å²) in [6.45, 7) is 2.05. The molecule has 3 rings (SSSR count). The topological polar surface area (TPSA) is 55.3 Å². The molecule has 0 fully saturated rings. The van der Waals surface area contributed by atoms with Crippen LogP contribution in [0.25, 0.3) is 11.1 Å². The molecule has 19 heavy (non-hydrogen) atoms. The Morgan fingerprint density at radius 2 is 2.05 bits per heavy atom. The van der Waals surface area contributed by atoms with E-state index >= 15 is 0 Å². The lowest BCUT2D eigenvalue weighted by molar-refractivity contribution is 0.602. The summed E-state index contributed by atoms with van der Waals surface area (Å²) in [6, 6.07) is 11.8. The minimum Gasteiger partial charge on any atom is -0.443 e. The quantitative estimate of drug-likeness (QED) is 0.710. The molecule has 4 nitrogen and oxygen atoms in total. The monoisotopic (exact) mass is 253 g/mol. The van der Waals surface area contributed by atoms with Gasteiger partial charge in [0.2, 0.25) is 0 Å². The fraction of sp³-hybridized carbons (Fsp3) is 0.133. The molecule has 0 radical (unpaired) electrons. The van der Waals surface area contributed by atoms with Gasteiger partial charge in [-0.25, -0.2) is 4.98 Å². The van der Waals surface area contributed by atoms with E-state index in [1.165, 1.54) is 6.39 Å². The Hall–Kier alpha value is -2.49. The van der Waals surface area contributed by atoms with Crippen LogP contribution in [0.1, 0.15) is 5.56 Å². The summed E-state index contributed by atoms with van der Waals surface area (Å²) in [5.74, 6) is 0. The number of benzene rings is 2. The molecule has 0 bridgehead atoms. The second-order valence-electron chi connectivity index (χ2n) is 4.58. The lowest BCUT2D eigenvalue weighted by Crippen LogP contribution is -2.12. The third-order valence-corrected chi connectivity index (χ3v) is 3.31. The van der Waals surface area contributed by atoms with Crippen molar-refractivity contribution in [3.63, 3.8) is 0 Å². The van der Waals surface area contributed by atoms with Crippen molar-refractivity contribution < 1.29 is 4.42 Å². The van der Waals surface area contributed by atoms with Crippen LogP contribution in [0, 0.1) is 6.92 Å². The maximum atomic E-state index is 6.07. The first-order valence-corrected chi connectivity index (χ1v) is 6.09. The standard InChI is InChI=1S/C15H15N3O/c1-10-4-3-5-12(16)15(10)18(2)11-6-7-13-14(8-11)19-9-17-13/h3-9H,16H2,1-2H3. The van der Waals surface area contributed by atoms with Crippen LogP contribution < -0.4 is 10.6 Å². The highest BCUT2D eigenvalue weighted by Gasteiger charge is 2.11. The van der Waals surface area contributed by atoms with Gasteiger partial charge in [-0.2, -0.15) is 0 Å². The molecule has 1 heterocycles. The van der Waals surface area contributed by atoms with E-state index in [-0.39, 0.29) is 0 Å². The van der Waals surface area contributed by atoms with Crippen LogP contribution in [0.4, 0.5) is 17.1 Å². The molecule has 96 valence electrons. The first-order valence-electron chi connectivity index (χ1n) is 6.09. The predicted molar refractivity (Wildman–Crippen MR) is 77.7 cm³/mol. The van der Waals surface area contributed by atoms with Gasteiger partial charge >= 0.3 is 0 Å². The molecular weight excluding hydrogens is 238 g/mol. The van der Waals surface area contributed by atoms with Crippen molar-refractivity contribution in [3.05, 3.63) is 48.4 Å². The van der Waals surface area contributed by atoms with Crippen LogP contribution in [0.5, 0.6) is 0 Å². The lowest BCUT2D eigenvalue weighted by Gasteiger charge is -2.23. The summed E-state index contributed by atoms with van der Waals surface area (Å²) in [7, 11) is 2.00. The number of aromatic nitrogens is 1. The van der Waals surface area contributed by atoms with E-state index < -0.39 is 0 Å². The number of anilines is 3. The summed E-state index contributed by atoms with van der Waals surface area (Å²) in [4.78, 5) is 6.18. The second kappa shape index (κ2) is 4.31. The first kappa shape index (κ1) is 11.6. The molecule has 0 saturated carbocycles. The molecule has 4 heteroatoms. The smallest absolute Gasteiger partial charge is 0.181 e. The van der Waals surface area contributed by atoms with E-state index in [1.54, 1.807) is 0 Å². The molecule has 0 aliphatic rings. The van der Waals surface area contributed by atoms with Crippen LogP contribution in [0.3, 0.4) is 0 Å². The molecule has 0 amide bonds. The SMILES string of the molecule is Cc1cccc(N)c1N(C)c1ccc2ncoc2c1. The Balaban J connectivity index is 2.10. The zero-order valence-electron chi connectivity index (χ0n) is 10.9. The van der Waals surface area contributed by atoms with E-state index in [0.29, 0.717) is 0 Å². The van der Waals surface area contributed by atoms with Crippen molar-refractivity contribution >= 4 is 28.2 Å². The Labute approximate surface area is 111 Å². The highest BCUT2D eigenvalue weighted by Crippen LogP contribution is 2.33. The molecule has 0 unspecified atom stereocenters. The van der Waals surface area contributed by atoms with Gasteiger partial charge in [-0.15, -0.1) is 0 Å². The van der Waals surface area contributed by atoms with Crippen LogP contribution in [0.15, 0.2) is 47.2 Å². The number of rotatable bonds is 2. The minimum absolute atomic E-state index is 0.764. The number of nitrogens with two attached hydrogens (primary N) is 1. The summed E-state index contributed by atoms with van der Waals surface area (Å²) >= 11 is 0. The van der Waals surface area contributed by atoms with Gasteiger partial charge in [0, 0.05) is 18.8 Å². The average molecular weight is 253 g/mol. The van der Waals surface area contributed by atoms with Crippen LogP contribution in [-0.4, -0.2) is 12.0 Å². The molecule has 2 N–H and O–H groups in total. The van der Waals surface area contributed by atoms with Gasteiger partial charge < -0.3 is 15.1 Å². The molecule has 0 atom stereocenters.